The van der Waals surface area contributed by atoms with Crippen molar-refractivity contribution in [1.82, 2.24) is 5.32 Å². The topological polar surface area (TPSA) is 98.3 Å². The number of hydrogen-bond donors (Lipinski definition) is 2. The lowest BCUT2D eigenvalue weighted by Gasteiger charge is -2.20. The van der Waals surface area contributed by atoms with Crippen molar-refractivity contribution in [3.8, 4) is 0 Å². The lowest BCUT2D eigenvalue weighted by molar-refractivity contribution is -0.384. The molecule has 1 amide bonds. The molecule has 0 aliphatic heterocycles. The Hall–Kier alpha value is -2.11. The van der Waals surface area contributed by atoms with Gasteiger partial charge in [-0.05, 0) is 36.3 Å². The maximum Gasteiger partial charge on any atom is 0.304 e. The van der Waals surface area contributed by atoms with Gasteiger partial charge in [0.15, 0.2) is 0 Å². The molecule has 1 saturated carbocycles. The molecule has 6 nitrogen and oxygen atoms in total. The van der Waals surface area contributed by atoms with Crippen LogP contribution in [0.3, 0.4) is 0 Å². The van der Waals surface area contributed by atoms with Gasteiger partial charge >= 0.3 is 5.69 Å². The number of nitrogens with one attached hydrogen (secondary N) is 1. The predicted octanol–water partition coefficient (Wildman–Crippen LogP) is 2.34. The van der Waals surface area contributed by atoms with Crippen molar-refractivity contribution < 1.29 is 9.72 Å². The van der Waals surface area contributed by atoms with Crippen molar-refractivity contribution in [3.05, 3.63) is 33.9 Å². The summed E-state index contributed by atoms with van der Waals surface area (Å²) >= 11 is 0. The van der Waals surface area contributed by atoms with Gasteiger partial charge in [-0.1, -0.05) is 19.9 Å². The average molecular weight is 277 g/mol. The minimum Gasteiger partial charge on any atom is -0.393 e. The monoisotopic (exact) mass is 277 g/mol. The van der Waals surface area contributed by atoms with Crippen molar-refractivity contribution in [2.75, 3.05) is 12.3 Å². The Kier molecular flexibility index (Phi) is 3.65. The number of carbonyl (C=O) groups excluding carboxylic acids is 1. The Labute approximate surface area is 117 Å². The van der Waals surface area contributed by atoms with E-state index in [0.29, 0.717) is 12.5 Å². The van der Waals surface area contributed by atoms with Gasteiger partial charge in [-0.15, -0.1) is 0 Å². The smallest absolute Gasteiger partial charge is 0.304 e. The summed E-state index contributed by atoms with van der Waals surface area (Å²) in [6, 6.07) is 4.40. The van der Waals surface area contributed by atoms with Crippen molar-refractivity contribution in [1.29, 1.82) is 0 Å². The van der Waals surface area contributed by atoms with E-state index in [0.717, 1.165) is 12.8 Å². The number of anilines is 1. The second-order valence-electron chi connectivity index (χ2n) is 5.70. The number of rotatable bonds is 5. The average Bonchev–Trinajstić information content (AvgIpc) is 3.16. The Balaban J connectivity index is 2.14. The summed E-state index contributed by atoms with van der Waals surface area (Å²) < 4.78 is 0. The fourth-order valence-electron chi connectivity index (χ4n) is 2.42. The highest BCUT2D eigenvalue weighted by Crippen LogP contribution is 2.51. The van der Waals surface area contributed by atoms with Gasteiger partial charge in [-0.3, -0.25) is 14.9 Å². The molecule has 0 heterocycles. The largest absolute Gasteiger partial charge is 0.393 e. The van der Waals surface area contributed by atoms with Crippen LogP contribution in [0.2, 0.25) is 0 Å². The van der Waals surface area contributed by atoms with Crippen LogP contribution in [-0.4, -0.2) is 17.4 Å². The summed E-state index contributed by atoms with van der Waals surface area (Å²) in [5.41, 5.74) is 5.45. The fourth-order valence-corrected chi connectivity index (χ4v) is 2.42. The van der Waals surface area contributed by atoms with E-state index in [-0.39, 0.29) is 22.4 Å². The molecule has 20 heavy (non-hydrogen) atoms. The SMILES string of the molecule is CC(C)C1(CNC(=O)c2cccc(N)c2[N+](=O)[O-])CC1. The molecular weight excluding hydrogens is 258 g/mol. The molecular formula is C14H19N3O3. The maximum absolute atomic E-state index is 12.1. The molecule has 0 radical (unpaired) electrons. The summed E-state index contributed by atoms with van der Waals surface area (Å²) in [4.78, 5) is 22.6. The molecule has 0 bridgehead atoms. The van der Waals surface area contributed by atoms with Crippen LogP contribution in [0.1, 0.15) is 37.0 Å². The van der Waals surface area contributed by atoms with Crippen LogP contribution in [-0.2, 0) is 0 Å². The molecule has 2 rings (SSSR count). The Morgan fingerprint density at radius 1 is 1.50 bits per heavy atom. The van der Waals surface area contributed by atoms with Gasteiger partial charge in [0, 0.05) is 6.54 Å². The molecule has 1 aromatic carbocycles. The number of para-hydroxylation sites is 1. The fraction of sp³-hybridized carbons (Fsp3) is 0.500. The van der Waals surface area contributed by atoms with Crippen molar-refractivity contribution in [3.63, 3.8) is 0 Å². The third kappa shape index (κ3) is 2.59. The summed E-state index contributed by atoms with van der Waals surface area (Å²) in [5, 5.41) is 13.8. The second-order valence-corrected chi connectivity index (χ2v) is 5.70. The molecule has 0 aromatic heterocycles. The zero-order valence-electron chi connectivity index (χ0n) is 11.7. The van der Waals surface area contributed by atoms with Crippen LogP contribution in [0.4, 0.5) is 11.4 Å². The van der Waals surface area contributed by atoms with Crippen LogP contribution in [0.5, 0.6) is 0 Å². The van der Waals surface area contributed by atoms with E-state index in [1.807, 2.05) is 0 Å². The minimum absolute atomic E-state index is 0.00708. The molecule has 0 saturated heterocycles. The van der Waals surface area contributed by atoms with Gasteiger partial charge in [-0.2, -0.15) is 0 Å². The molecule has 1 aliphatic carbocycles. The number of carbonyl (C=O) groups is 1. The Morgan fingerprint density at radius 3 is 2.65 bits per heavy atom. The molecule has 1 fully saturated rings. The number of nitrogen functional groups attached to an aromatic ring is 1. The van der Waals surface area contributed by atoms with E-state index in [4.69, 9.17) is 5.73 Å². The zero-order chi connectivity index (χ0) is 14.9. The number of nitro groups is 1. The molecule has 6 heteroatoms. The first kappa shape index (κ1) is 14.3. The molecule has 0 unspecified atom stereocenters. The normalized spacial score (nSPS) is 15.9. The number of amides is 1. The molecule has 0 spiro atoms. The molecule has 3 N–H and O–H groups in total. The Morgan fingerprint density at radius 2 is 2.15 bits per heavy atom. The van der Waals surface area contributed by atoms with Gasteiger partial charge in [-0.25, -0.2) is 0 Å². The van der Waals surface area contributed by atoms with Gasteiger partial charge in [0.25, 0.3) is 5.91 Å². The van der Waals surface area contributed by atoms with Crippen LogP contribution in [0.25, 0.3) is 0 Å². The molecule has 1 aromatic rings. The highest BCUT2D eigenvalue weighted by atomic mass is 16.6. The molecule has 108 valence electrons. The number of hydrogen-bond acceptors (Lipinski definition) is 4. The first-order chi connectivity index (χ1) is 9.37. The quantitative estimate of drug-likeness (QED) is 0.490. The first-order valence-electron chi connectivity index (χ1n) is 6.68. The van der Waals surface area contributed by atoms with Crippen molar-refractivity contribution in [2.45, 2.75) is 26.7 Å². The third-order valence-electron chi connectivity index (χ3n) is 4.21. The van der Waals surface area contributed by atoms with Crippen molar-refractivity contribution >= 4 is 17.3 Å². The Bertz CT molecular complexity index is 551. The van der Waals surface area contributed by atoms with Crippen LogP contribution < -0.4 is 11.1 Å². The standard InChI is InChI=1S/C14H19N3O3/c1-9(2)14(6-7-14)8-16-13(18)10-4-3-5-11(15)12(10)17(19)20/h3-5,9H,6-8,15H2,1-2H3,(H,16,18). The van der Waals surface area contributed by atoms with Gasteiger partial charge < -0.3 is 11.1 Å². The van der Waals surface area contributed by atoms with E-state index in [2.05, 4.69) is 19.2 Å². The van der Waals surface area contributed by atoms with E-state index in [1.54, 1.807) is 6.07 Å². The summed E-state index contributed by atoms with van der Waals surface area (Å²) in [6.45, 7) is 4.81. The van der Waals surface area contributed by atoms with E-state index >= 15 is 0 Å². The number of nitro benzene ring substituents is 1. The summed E-state index contributed by atoms with van der Waals surface area (Å²) in [5.74, 6) is 0.0505. The van der Waals surface area contributed by atoms with Crippen LogP contribution in [0, 0.1) is 21.4 Å². The minimum atomic E-state index is -0.612. The lowest BCUT2D eigenvalue weighted by Crippen LogP contribution is -2.33. The zero-order valence-corrected chi connectivity index (χ0v) is 11.7. The van der Waals surface area contributed by atoms with E-state index in [1.165, 1.54) is 12.1 Å². The van der Waals surface area contributed by atoms with Crippen LogP contribution >= 0.6 is 0 Å². The second kappa shape index (κ2) is 5.11. The number of nitrogens with two attached hydrogens (primary N) is 1. The number of nitrogens with zero attached hydrogens (tertiary/aromatic N) is 1. The highest BCUT2D eigenvalue weighted by molar-refractivity contribution is 6.00. The third-order valence-corrected chi connectivity index (χ3v) is 4.21. The number of benzene rings is 1. The molecule has 0 atom stereocenters. The van der Waals surface area contributed by atoms with Gasteiger partial charge in [0.1, 0.15) is 11.3 Å². The highest BCUT2D eigenvalue weighted by Gasteiger charge is 2.45. The summed E-state index contributed by atoms with van der Waals surface area (Å²) in [7, 11) is 0. The van der Waals surface area contributed by atoms with E-state index in [9.17, 15) is 14.9 Å². The first-order valence-corrected chi connectivity index (χ1v) is 6.68. The van der Waals surface area contributed by atoms with Crippen molar-refractivity contribution in [2.24, 2.45) is 11.3 Å². The molecule has 1 aliphatic rings. The predicted molar refractivity (Wildman–Crippen MR) is 76.3 cm³/mol. The van der Waals surface area contributed by atoms with E-state index < -0.39 is 10.8 Å². The summed E-state index contributed by atoms with van der Waals surface area (Å²) in [6.07, 6.45) is 2.17. The van der Waals surface area contributed by atoms with Gasteiger partial charge in [0.05, 0.1) is 4.92 Å². The van der Waals surface area contributed by atoms with Gasteiger partial charge in [0.2, 0.25) is 0 Å². The van der Waals surface area contributed by atoms with Crippen LogP contribution in [0.15, 0.2) is 18.2 Å². The lowest BCUT2D eigenvalue weighted by atomic mass is 9.92. The maximum atomic E-state index is 12.1.